The van der Waals surface area contributed by atoms with Crippen LogP contribution in [0.2, 0.25) is 0 Å². The first kappa shape index (κ1) is 26.6. The van der Waals surface area contributed by atoms with Gasteiger partial charge in [0.05, 0.1) is 5.71 Å². The third kappa shape index (κ3) is 7.04. The van der Waals surface area contributed by atoms with E-state index in [9.17, 15) is 9.59 Å². The molecule has 0 aliphatic carbocycles. The Morgan fingerprint density at radius 1 is 0.684 bits per heavy atom. The Kier molecular flexibility index (Phi) is 9.19. The lowest BCUT2D eigenvalue weighted by Gasteiger charge is -2.22. The maximum atomic E-state index is 13.8. The second-order valence-electron chi connectivity index (χ2n) is 9.19. The van der Waals surface area contributed by atoms with Crippen LogP contribution in [-0.2, 0) is 14.3 Å². The fourth-order valence-corrected chi connectivity index (χ4v) is 4.16. The molecule has 0 N–H and O–H groups in total. The van der Waals surface area contributed by atoms with Crippen molar-refractivity contribution in [1.29, 1.82) is 0 Å². The monoisotopic (exact) mass is 504 g/mol. The van der Waals surface area contributed by atoms with Crippen molar-refractivity contribution in [1.82, 2.24) is 4.90 Å². The van der Waals surface area contributed by atoms with Gasteiger partial charge in [-0.15, -0.1) is 0 Å². The molecule has 5 heteroatoms. The molecule has 4 aromatic carbocycles. The maximum absolute atomic E-state index is 13.8. The van der Waals surface area contributed by atoms with Crippen LogP contribution in [0.1, 0.15) is 41.2 Å². The summed E-state index contributed by atoms with van der Waals surface area (Å²) in [4.78, 5) is 32.8. The zero-order valence-electron chi connectivity index (χ0n) is 21.7. The van der Waals surface area contributed by atoms with Crippen LogP contribution in [0.5, 0.6) is 0 Å². The van der Waals surface area contributed by atoms with Gasteiger partial charge in [-0.05, 0) is 17.5 Å². The van der Waals surface area contributed by atoms with Gasteiger partial charge in [0, 0.05) is 31.6 Å². The van der Waals surface area contributed by atoms with Crippen molar-refractivity contribution in [3.8, 4) is 0 Å². The van der Waals surface area contributed by atoms with Crippen molar-refractivity contribution in [2.75, 3.05) is 14.1 Å². The van der Waals surface area contributed by atoms with Crippen molar-refractivity contribution in [3.63, 3.8) is 0 Å². The summed E-state index contributed by atoms with van der Waals surface area (Å²) in [7, 11) is 3.41. The lowest BCUT2D eigenvalue weighted by Crippen LogP contribution is -2.29. The van der Waals surface area contributed by atoms with Gasteiger partial charge in [0.1, 0.15) is 6.04 Å². The number of carbonyl (C=O) groups excluding carboxylic acids is 2. The number of esters is 1. The SMILES string of the molecule is CN(C)C(=O)CC[C@H](N=C(c1ccccc1)c1ccccc1)C(=O)OC(c1ccccc1)c1ccccc1. The summed E-state index contributed by atoms with van der Waals surface area (Å²) >= 11 is 0. The minimum absolute atomic E-state index is 0.0679. The van der Waals surface area contributed by atoms with Gasteiger partial charge in [0.25, 0.3) is 0 Å². The molecular weight excluding hydrogens is 472 g/mol. The van der Waals surface area contributed by atoms with E-state index in [2.05, 4.69) is 0 Å². The fraction of sp³-hybridized carbons (Fsp3) is 0.182. The molecule has 4 aromatic rings. The van der Waals surface area contributed by atoms with Gasteiger partial charge < -0.3 is 9.64 Å². The van der Waals surface area contributed by atoms with Gasteiger partial charge in [-0.25, -0.2) is 4.79 Å². The molecule has 0 spiro atoms. The molecule has 0 aliphatic heterocycles. The summed E-state index contributed by atoms with van der Waals surface area (Å²) in [6.45, 7) is 0. The van der Waals surface area contributed by atoms with Crippen LogP contribution in [0.15, 0.2) is 126 Å². The Balaban J connectivity index is 1.73. The van der Waals surface area contributed by atoms with Gasteiger partial charge in [0.15, 0.2) is 6.10 Å². The number of amides is 1. The van der Waals surface area contributed by atoms with Crippen LogP contribution in [0.25, 0.3) is 0 Å². The molecule has 1 amide bonds. The summed E-state index contributed by atoms with van der Waals surface area (Å²) in [6, 6.07) is 38.0. The molecule has 0 aromatic heterocycles. The number of rotatable bonds is 10. The Hall–Kier alpha value is -4.51. The lowest BCUT2D eigenvalue weighted by molar-refractivity contribution is -0.149. The average molecular weight is 505 g/mol. The number of hydrogen-bond donors (Lipinski definition) is 0. The normalized spacial score (nSPS) is 11.4. The maximum Gasteiger partial charge on any atom is 0.331 e. The van der Waals surface area contributed by atoms with E-state index in [-0.39, 0.29) is 18.7 Å². The van der Waals surface area contributed by atoms with Crippen LogP contribution in [-0.4, -0.2) is 42.6 Å². The van der Waals surface area contributed by atoms with Gasteiger partial charge in [0.2, 0.25) is 5.91 Å². The number of carbonyl (C=O) groups is 2. The van der Waals surface area contributed by atoms with Crippen molar-refractivity contribution in [2.45, 2.75) is 25.0 Å². The fourth-order valence-electron chi connectivity index (χ4n) is 4.16. The quantitative estimate of drug-likeness (QED) is 0.194. The molecule has 192 valence electrons. The van der Waals surface area contributed by atoms with E-state index in [1.54, 1.807) is 14.1 Å². The molecule has 0 fully saturated rings. The highest BCUT2D eigenvalue weighted by Crippen LogP contribution is 2.27. The highest BCUT2D eigenvalue weighted by molar-refractivity contribution is 6.13. The molecule has 0 heterocycles. The summed E-state index contributed by atoms with van der Waals surface area (Å²) in [5.74, 6) is -0.541. The second kappa shape index (κ2) is 13.2. The summed E-state index contributed by atoms with van der Waals surface area (Å²) in [6.07, 6.45) is -0.187. The molecule has 4 rings (SSSR count). The Morgan fingerprint density at radius 2 is 1.11 bits per heavy atom. The summed E-state index contributed by atoms with van der Waals surface area (Å²) in [5.41, 5.74) is 4.19. The van der Waals surface area contributed by atoms with E-state index < -0.39 is 18.1 Å². The van der Waals surface area contributed by atoms with Crippen LogP contribution >= 0.6 is 0 Å². The van der Waals surface area contributed by atoms with E-state index in [0.717, 1.165) is 22.3 Å². The highest BCUT2D eigenvalue weighted by atomic mass is 16.5. The average Bonchev–Trinajstić information content (AvgIpc) is 2.97. The standard InChI is InChI=1S/C33H32N2O3/c1-35(2)30(36)24-23-29(34-31(25-15-7-3-8-16-25)26-17-9-4-10-18-26)33(37)38-32(27-19-11-5-12-20-27)28-21-13-6-14-22-28/h3-22,29,32H,23-24H2,1-2H3/t29-/m0/s1. The van der Waals surface area contributed by atoms with Crippen LogP contribution in [0.3, 0.4) is 0 Å². The molecule has 5 nitrogen and oxygen atoms in total. The highest BCUT2D eigenvalue weighted by Gasteiger charge is 2.27. The number of nitrogens with zero attached hydrogens (tertiary/aromatic N) is 2. The van der Waals surface area contributed by atoms with E-state index in [1.165, 1.54) is 4.90 Å². The molecule has 0 saturated carbocycles. The van der Waals surface area contributed by atoms with Gasteiger partial charge in [-0.3, -0.25) is 9.79 Å². The van der Waals surface area contributed by atoms with Gasteiger partial charge in [-0.2, -0.15) is 0 Å². The Labute approximate surface area is 224 Å². The van der Waals surface area contributed by atoms with Crippen molar-refractivity contribution >= 4 is 17.6 Å². The summed E-state index contributed by atoms with van der Waals surface area (Å²) < 4.78 is 6.18. The van der Waals surface area contributed by atoms with Crippen molar-refractivity contribution in [2.24, 2.45) is 4.99 Å². The largest absolute Gasteiger partial charge is 0.451 e. The number of hydrogen-bond acceptors (Lipinski definition) is 4. The predicted molar refractivity (Wildman–Crippen MR) is 151 cm³/mol. The zero-order chi connectivity index (χ0) is 26.7. The molecule has 0 unspecified atom stereocenters. The number of aliphatic imine (C=N–C) groups is 1. The first-order valence-corrected chi connectivity index (χ1v) is 12.7. The predicted octanol–water partition coefficient (Wildman–Crippen LogP) is 6.09. The zero-order valence-corrected chi connectivity index (χ0v) is 21.7. The molecule has 38 heavy (non-hydrogen) atoms. The topological polar surface area (TPSA) is 59.0 Å². The molecule has 1 atom stereocenters. The van der Waals surface area contributed by atoms with Crippen LogP contribution in [0, 0.1) is 0 Å². The minimum Gasteiger partial charge on any atom is -0.451 e. The molecule has 0 aliphatic rings. The Bertz CT molecular complexity index is 1260. The second-order valence-corrected chi connectivity index (χ2v) is 9.19. The molecular formula is C33H32N2O3. The van der Waals surface area contributed by atoms with Crippen LogP contribution < -0.4 is 0 Å². The van der Waals surface area contributed by atoms with Gasteiger partial charge >= 0.3 is 5.97 Å². The van der Waals surface area contributed by atoms with E-state index in [4.69, 9.17) is 9.73 Å². The van der Waals surface area contributed by atoms with E-state index in [1.807, 2.05) is 121 Å². The Morgan fingerprint density at radius 3 is 1.53 bits per heavy atom. The van der Waals surface area contributed by atoms with E-state index >= 15 is 0 Å². The van der Waals surface area contributed by atoms with Gasteiger partial charge in [-0.1, -0.05) is 121 Å². The molecule has 0 bridgehead atoms. The minimum atomic E-state index is -0.871. The third-order valence-corrected chi connectivity index (χ3v) is 6.22. The first-order valence-electron chi connectivity index (χ1n) is 12.7. The molecule has 0 saturated heterocycles. The van der Waals surface area contributed by atoms with Crippen molar-refractivity contribution in [3.05, 3.63) is 144 Å². The summed E-state index contributed by atoms with van der Waals surface area (Å²) in [5, 5.41) is 0. The smallest absolute Gasteiger partial charge is 0.331 e. The van der Waals surface area contributed by atoms with E-state index in [0.29, 0.717) is 5.71 Å². The lowest BCUT2D eigenvalue weighted by atomic mass is 10.0. The number of benzene rings is 4. The number of ether oxygens (including phenoxy) is 1. The van der Waals surface area contributed by atoms with Crippen molar-refractivity contribution < 1.29 is 14.3 Å². The third-order valence-electron chi connectivity index (χ3n) is 6.22. The first-order chi connectivity index (χ1) is 18.5. The van der Waals surface area contributed by atoms with Crippen LogP contribution in [0.4, 0.5) is 0 Å². The molecule has 0 radical (unpaired) electrons.